The molecule has 0 atom stereocenters. The van der Waals surface area contributed by atoms with Crippen molar-refractivity contribution in [2.75, 3.05) is 18.1 Å². The largest absolute Gasteiger partial charge is 0.298 e. The van der Waals surface area contributed by atoms with E-state index in [1.807, 2.05) is 6.07 Å². The summed E-state index contributed by atoms with van der Waals surface area (Å²) in [6.07, 6.45) is 1.76. The minimum absolute atomic E-state index is 0.247. The summed E-state index contributed by atoms with van der Waals surface area (Å²) in [7, 11) is -3.21. The van der Waals surface area contributed by atoms with E-state index >= 15 is 0 Å². The molecule has 0 unspecified atom stereocenters. The molecule has 2 aromatic rings. The number of benzene rings is 1. The maximum atomic E-state index is 12.3. The highest BCUT2D eigenvalue weighted by atomic mass is 79.9. The van der Waals surface area contributed by atoms with E-state index < -0.39 is 10.0 Å². The fraction of sp³-hybridized carbons (Fsp3) is 0.286. The Morgan fingerprint density at radius 1 is 1.39 bits per heavy atom. The van der Waals surface area contributed by atoms with Crippen LogP contribution in [0.2, 0.25) is 0 Å². The number of thiazole rings is 1. The molecule has 23 heavy (non-hydrogen) atoms. The minimum atomic E-state index is -3.21. The lowest BCUT2D eigenvalue weighted by molar-refractivity contribution is 0.102. The van der Waals surface area contributed by atoms with Crippen molar-refractivity contribution in [2.24, 2.45) is 0 Å². The average Bonchev–Trinajstić information content (AvgIpc) is 2.87. The van der Waals surface area contributed by atoms with E-state index in [1.54, 1.807) is 18.2 Å². The molecular formula is C14H14BrN3O3S2. The van der Waals surface area contributed by atoms with Crippen LogP contribution in [0.5, 0.6) is 0 Å². The third-order valence-electron chi connectivity index (χ3n) is 3.50. The van der Waals surface area contributed by atoms with Crippen LogP contribution >= 0.6 is 27.3 Å². The van der Waals surface area contributed by atoms with Crippen molar-refractivity contribution in [2.45, 2.75) is 13.0 Å². The van der Waals surface area contributed by atoms with Gasteiger partial charge in [0.15, 0.2) is 5.13 Å². The Balaban J connectivity index is 1.78. The van der Waals surface area contributed by atoms with Gasteiger partial charge >= 0.3 is 0 Å². The first-order chi connectivity index (χ1) is 10.8. The summed E-state index contributed by atoms with van der Waals surface area (Å²) in [6, 6.07) is 7.14. The summed E-state index contributed by atoms with van der Waals surface area (Å²) in [5, 5.41) is 3.27. The first-order valence-electron chi connectivity index (χ1n) is 6.84. The van der Waals surface area contributed by atoms with Gasteiger partial charge in [0.2, 0.25) is 10.0 Å². The van der Waals surface area contributed by atoms with Crippen LogP contribution in [0.25, 0.3) is 0 Å². The third-order valence-corrected chi connectivity index (χ3v) is 6.44. The SMILES string of the molecule is CS(=O)(=O)N1CCc2nc(NC(=O)c3ccccc3Br)sc2C1. The number of nitrogens with zero attached hydrogens (tertiary/aromatic N) is 2. The Bertz CT molecular complexity index is 864. The van der Waals surface area contributed by atoms with Gasteiger partial charge in [-0.3, -0.25) is 10.1 Å². The molecule has 0 radical (unpaired) electrons. The number of amides is 1. The van der Waals surface area contributed by atoms with Crippen LogP contribution in [0.3, 0.4) is 0 Å². The lowest BCUT2D eigenvalue weighted by Gasteiger charge is -2.23. The highest BCUT2D eigenvalue weighted by Crippen LogP contribution is 2.29. The zero-order valence-corrected chi connectivity index (χ0v) is 15.5. The number of hydrogen-bond acceptors (Lipinski definition) is 5. The van der Waals surface area contributed by atoms with E-state index in [0.29, 0.717) is 34.7 Å². The molecule has 6 nitrogen and oxygen atoms in total. The zero-order chi connectivity index (χ0) is 16.6. The molecule has 2 heterocycles. The van der Waals surface area contributed by atoms with Crippen molar-refractivity contribution in [1.29, 1.82) is 0 Å². The number of halogens is 1. The number of fused-ring (bicyclic) bond motifs is 1. The van der Waals surface area contributed by atoms with Gasteiger partial charge in [-0.05, 0) is 28.1 Å². The maximum absolute atomic E-state index is 12.3. The molecule has 122 valence electrons. The monoisotopic (exact) mass is 415 g/mol. The lowest BCUT2D eigenvalue weighted by Crippen LogP contribution is -2.34. The van der Waals surface area contributed by atoms with Crippen LogP contribution in [-0.2, 0) is 23.0 Å². The number of anilines is 1. The van der Waals surface area contributed by atoms with Gasteiger partial charge in [0.1, 0.15) is 0 Å². The van der Waals surface area contributed by atoms with Crippen LogP contribution in [0.1, 0.15) is 20.9 Å². The van der Waals surface area contributed by atoms with E-state index in [4.69, 9.17) is 0 Å². The van der Waals surface area contributed by atoms with Crippen molar-refractivity contribution in [3.63, 3.8) is 0 Å². The van der Waals surface area contributed by atoms with Crippen molar-refractivity contribution in [1.82, 2.24) is 9.29 Å². The zero-order valence-electron chi connectivity index (χ0n) is 12.2. The molecule has 1 aromatic carbocycles. The van der Waals surface area contributed by atoms with Gasteiger partial charge in [-0.15, -0.1) is 11.3 Å². The molecule has 0 bridgehead atoms. The molecule has 9 heteroatoms. The Labute approximate surface area is 146 Å². The maximum Gasteiger partial charge on any atom is 0.258 e. The molecule has 1 aromatic heterocycles. The first-order valence-corrected chi connectivity index (χ1v) is 10.3. The van der Waals surface area contributed by atoms with Crippen LogP contribution in [0.4, 0.5) is 5.13 Å². The molecule has 0 fully saturated rings. The molecule has 1 amide bonds. The first kappa shape index (κ1) is 16.6. The van der Waals surface area contributed by atoms with E-state index in [2.05, 4.69) is 26.2 Å². The fourth-order valence-corrected chi connectivity index (χ4v) is 4.67. The second-order valence-electron chi connectivity index (χ2n) is 5.17. The smallest absolute Gasteiger partial charge is 0.258 e. The predicted octanol–water partition coefficient (Wildman–Crippen LogP) is 2.48. The van der Waals surface area contributed by atoms with E-state index in [0.717, 1.165) is 10.6 Å². The van der Waals surface area contributed by atoms with Crippen LogP contribution < -0.4 is 5.32 Å². The van der Waals surface area contributed by atoms with Gasteiger partial charge in [0, 0.05) is 28.9 Å². The van der Waals surface area contributed by atoms with Gasteiger partial charge < -0.3 is 0 Å². The summed E-state index contributed by atoms with van der Waals surface area (Å²) in [5.41, 5.74) is 1.38. The number of rotatable bonds is 3. The standard InChI is InChI=1S/C14H14BrN3O3S2/c1-23(20,21)18-7-6-11-12(8-18)22-14(16-11)17-13(19)9-4-2-3-5-10(9)15/h2-5H,6-8H2,1H3,(H,16,17,19). The molecular weight excluding hydrogens is 402 g/mol. The second-order valence-corrected chi connectivity index (χ2v) is 9.09. The lowest BCUT2D eigenvalue weighted by atomic mass is 10.2. The van der Waals surface area contributed by atoms with Gasteiger partial charge in [0.05, 0.1) is 17.5 Å². The fourth-order valence-electron chi connectivity index (χ4n) is 2.32. The van der Waals surface area contributed by atoms with Gasteiger partial charge in [-0.2, -0.15) is 4.31 Å². The molecule has 3 rings (SSSR count). The Hall–Kier alpha value is -1.29. The highest BCUT2D eigenvalue weighted by Gasteiger charge is 2.26. The van der Waals surface area contributed by atoms with Crippen molar-refractivity contribution >= 4 is 48.3 Å². The van der Waals surface area contributed by atoms with E-state index in [1.165, 1.54) is 21.9 Å². The number of nitrogens with one attached hydrogen (secondary N) is 1. The van der Waals surface area contributed by atoms with Gasteiger partial charge in [0.25, 0.3) is 5.91 Å². The van der Waals surface area contributed by atoms with E-state index in [-0.39, 0.29) is 5.91 Å². The normalized spacial score (nSPS) is 15.2. The Morgan fingerprint density at radius 2 is 2.13 bits per heavy atom. The predicted molar refractivity (Wildman–Crippen MR) is 93.2 cm³/mol. The number of hydrogen-bond donors (Lipinski definition) is 1. The number of carbonyl (C=O) groups is 1. The second kappa shape index (κ2) is 6.31. The topological polar surface area (TPSA) is 79.4 Å². The van der Waals surface area contributed by atoms with Crippen LogP contribution in [0, 0.1) is 0 Å². The Kier molecular flexibility index (Phi) is 4.54. The van der Waals surface area contributed by atoms with Crippen molar-refractivity contribution in [3.8, 4) is 0 Å². The molecule has 1 aliphatic rings. The average molecular weight is 416 g/mol. The number of aromatic nitrogens is 1. The highest BCUT2D eigenvalue weighted by molar-refractivity contribution is 9.10. The number of carbonyl (C=O) groups excluding carboxylic acids is 1. The van der Waals surface area contributed by atoms with Crippen molar-refractivity contribution in [3.05, 3.63) is 44.9 Å². The van der Waals surface area contributed by atoms with Gasteiger partial charge in [-0.25, -0.2) is 13.4 Å². The van der Waals surface area contributed by atoms with E-state index in [9.17, 15) is 13.2 Å². The molecule has 1 N–H and O–H groups in total. The molecule has 1 aliphatic heterocycles. The van der Waals surface area contributed by atoms with Crippen molar-refractivity contribution < 1.29 is 13.2 Å². The van der Waals surface area contributed by atoms with Crippen LogP contribution in [-0.4, -0.2) is 36.4 Å². The summed E-state index contributed by atoms with van der Waals surface area (Å²) in [4.78, 5) is 17.6. The summed E-state index contributed by atoms with van der Waals surface area (Å²) in [6.45, 7) is 0.740. The molecule has 0 spiro atoms. The van der Waals surface area contributed by atoms with Crippen LogP contribution in [0.15, 0.2) is 28.7 Å². The summed E-state index contributed by atoms with van der Waals surface area (Å²) in [5.74, 6) is -0.247. The summed E-state index contributed by atoms with van der Waals surface area (Å²) >= 11 is 4.67. The Morgan fingerprint density at radius 3 is 2.83 bits per heavy atom. The summed E-state index contributed by atoms with van der Waals surface area (Å²) < 4.78 is 25.4. The molecule has 0 aliphatic carbocycles. The minimum Gasteiger partial charge on any atom is -0.298 e. The quantitative estimate of drug-likeness (QED) is 0.834. The third kappa shape index (κ3) is 3.63. The number of sulfonamides is 1. The molecule has 0 saturated carbocycles. The molecule has 0 saturated heterocycles. The van der Waals surface area contributed by atoms with Gasteiger partial charge in [-0.1, -0.05) is 12.1 Å².